The number of aryl methyl sites for hydroxylation is 1. The number of fused-ring (bicyclic) bond motifs is 1. The molecule has 0 spiro atoms. The van der Waals surface area contributed by atoms with Crippen LogP contribution in [0.3, 0.4) is 0 Å². The molecule has 24 heavy (non-hydrogen) atoms. The van der Waals surface area contributed by atoms with E-state index in [4.69, 9.17) is 9.15 Å². The Morgan fingerprint density at radius 3 is 3.08 bits per heavy atom. The van der Waals surface area contributed by atoms with Crippen molar-refractivity contribution in [2.75, 3.05) is 7.11 Å². The topological polar surface area (TPSA) is 67.8 Å². The summed E-state index contributed by atoms with van der Waals surface area (Å²) in [6.07, 6.45) is 14.7. The third-order valence-corrected chi connectivity index (χ3v) is 3.89. The number of hydrazine groups is 1. The molecule has 0 bridgehead atoms. The SMILES string of the molecule is COC1=CC=CN2NC(/C=C\c3nc(-c4ccoc4)cn3C)=NC12. The van der Waals surface area contributed by atoms with E-state index in [1.807, 2.05) is 59.4 Å². The van der Waals surface area contributed by atoms with Gasteiger partial charge in [0.25, 0.3) is 0 Å². The Balaban J connectivity index is 1.54. The predicted octanol–water partition coefficient (Wildman–Crippen LogP) is 2.30. The van der Waals surface area contributed by atoms with Crippen molar-refractivity contribution in [3.05, 3.63) is 60.8 Å². The molecule has 4 heterocycles. The molecule has 2 aromatic heterocycles. The molecule has 0 aromatic carbocycles. The van der Waals surface area contributed by atoms with E-state index in [1.165, 1.54) is 0 Å². The van der Waals surface area contributed by atoms with E-state index < -0.39 is 0 Å². The molecule has 0 aliphatic carbocycles. The van der Waals surface area contributed by atoms with Gasteiger partial charge in [0.1, 0.15) is 17.4 Å². The molecule has 122 valence electrons. The summed E-state index contributed by atoms with van der Waals surface area (Å²) in [6.45, 7) is 0. The molecule has 1 N–H and O–H groups in total. The number of allylic oxidation sites excluding steroid dienone is 2. The van der Waals surface area contributed by atoms with Gasteiger partial charge in [0.05, 0.1) is 25.3 Å². The third kappa shape index (κ3) is 2.50. The number of ether oxygens (including phenoxy) is 1. The molecule has 4 rings (SSSR count). The fourth-order valence-corrected chi connectivity index (χ4v) is 2.64. The molecule has 7 heteroatoms. The first-order valence-electron chi connectivity index (χ1n) is 7.54. The van der Waals surface area contributed by atoms with Gasteiger partial charge in [-0.05, 0) is 30.4 Å². The number of aliphatic imine (C=N–C) groups is 1. The average molecular weight is 323 g/mol. The number of imidazole rings is 1. The minimum atomic E-state index is -0.164. The van der Waals surface area contributed by atoms with Crippen LogP contribution in [0.2, 0.25) is 0 Å². The summed E-state index contributed by atoms with van der Waals surface area (Å²) in [6, 6.07) is 1.89. The van der Waals surface area contributed by atoms with E-state index in [-0.39, 0.29) is 6.17 Å². The molecule has 1 atom stereocenters. The largest absolute Gasteiger partial charge is 0.497 e. The van der Waals surface area contributed by atoms with Crippen LogP contribution >= 0.6 is 0 Å². The van der Waals surface area contributed by atoms with Gasteiger partial charge in [0.2, 0.25) is 0 Å². The van der Waals surface area contributed by atoms with Crippen molar-refractivity contribution in [1.29, 1.82) is 0 Å². The highest BCUT2D eigenvalue weighted by atomic mass is 16.5. The zero-order chi connectivity index (χ0) is 16.5. The van der Waals surface area contributed by atoms with E-state index in [9.17, 15) is 0 Å². The highest BCUT2D eigenvalue weighted by Crippen LogP contribution is 2.21. The number of hydrogen-bond acceptors (Lipinski definition) is 6. The number of nitrogens with one attached hydrogen (secondary N) is 1. The van der Waals surface area contributed by atoms with Gasteiger partial charge in [-0.15, -0.1) is 0 Å². The summed E-state index contributed by atoms with van der Waals surface area (Å²) in [5.41, 5.74) is 5.05. The lowest BCUT2D eigenvalue weighted by Crippen LogP contribution is -2.38. The van der Waals surface area contributed by atoms with Gasteiger partial charge in [0.15, 0.2) is 6.17 Å². The van der Waals surface area contributed by atoms with Crippen molar-refractivity contribution >= 4 is 11.9 Å². The van der Waals surface area contributed by atoms with Gasteiger partial charge in [-0.3, -0.25) is 10.4 Å². The van der Waals surface area contributed by atoms with Crippen molar-refractivity contribution in [3.8, 4) is 11.3 Å². The Labute approximate surface area is 139 Å². The summed E-state index contributed by atoms with van der Waals surface area (Å²) in [4.78, 5) is 9.22. The van der Waals surface area contributed by atoms with Crippen LogP contribution in [-0.2, 0) is 11.8 Å². The third-order valence-electron chi connectivity index (χ3n) is 3.89. The first-order chi connectivity index (χ1) is 11.7. The smallest absolute Gasteiger partial charge is 0.198 e. The molecule has 0 fully saturated rings. The molecule has 0 saturated heterocycles. The molecule has 2 aliphatic heterocycles. The highest BCUT2D eigenvalue weighted by Gasteiger charge is 2.28. The van der Waals surface area contributed by atoms with Crippen LogP contribution in [-0.4, -0.2) is 33.7 Å². The number of rotatable bonds is 4. The first kappa shape index (κ1) is 14.4. The molecule has 7 nitrogen and oxygen atoms in total. The number of hydrogen-bond donors (Lipinski definition) is 1. The van der Waals surface area contributed by atoms with Crippen molar-refractivity contribution < 1.29 is 9.15 Å². The summed E-state index contributed by atoms with van der Waals surface area (Å²) >= 11 is 0. The predicted molar refractivity (Wildman–Crippen MR) is 90.4 cm³/mol. The zero-order valence-electron chi connectivity index (χ0n) is 13.4. The van der Waals surface area contributed by atoms with E-state index in [0.29, 0.717) is 0 Å². The molecule has 2 aromatic rings. The van der Waals surface area contributed by atoms with Crippen molar-refractivity contribution in [1.82, 2.24) is 20.0 Å². The number of aromatic nitrogens is 2. The van der Waals surface area contributed by atoms with Gasteiger partial charge in [-0.25, -0.2) is 9.98 Å². The first-order valence-corrected chi connectivity index (χ1v) is 7.54. The van der Waals surface area contributed by atoms with E-state index in [1.54, 1.807) is 19.6 Å². The second-order valence-electron chi connectivity index (χ2n) is 5.46. The highest BCUT2D eigenvalue weighted by molar-refractivity contribution is 5.97. The fraction of sp³-hybridized carbons (Fsp3) is 0.176. The maximum atomic E-state index is 5.35. The van der Waals surface area contributed by atoms with Crippen LogP contribution < -0.4 is 5.43 Å². The van der Waals surface area contributed by atoms with Crippen molar-refractivity contribution in [2.45, 2.75) is 6.17 Å². The lowest BCUT2D eigenvalue weighted by Gasteiger charge is -2.24. The monoisotopic (exact) mass is 323 g/mol. The van der Waals surface area contributed by atoms with Gasteiger partial charge in [-0.1, -0.05) is 0 Å². The zero-order valence-corrected chi connectivity index (χ0v) is 13.4. The van der Waals surface area contributed by atoms with Crippen molar-refractivity contribution in [3.63, 3.8) is 0 Å². The summed E-state index contributed by atoms with van der Waals surface area (Å²) in [7, 11) is 3.61. The summed E-state index contributed by atoms with van der Waals surface area (Å²) in [5.74, 6) is 2.38. The second kappa shape index (κ2) is 5.77. The van der Waals surface area contributed by atoms with Gasteiger partial charge in [0, 0.05) is 25.0 Å². The average Bonchev–Trinajstić information content (AvgIpc) is 3.31. The number of methoxy groups -OCH3 is 1. The van der Waals surface area contributed by atoms with Crippen LogP contribution in [0.1, 0.15) is 5.82 Å². The molecular formula is C17H17N5O2. The van der Waals surface area contributed by atoms with Gasteiger partial charge < -0.3 is 13.7 Å². The summed E-state index contributed by atoms with van der Waals surface area (Å²) in [5, 5.41) is 1.90. The molecule has 0 amide bonds. The Morgan fingerprint density at radius 2 is 2.29 bits per heavy atom. The van der Waals surface area contributed by atoms with Crippen LogP contribution in [0.5, 0.6) is 0 Å². The van der Waals surface area contributed by atoms with Gasteiger partial charge >= 0.3 is 0 Å². The number of nitrogens with zero attached hydrogens (tertiary/aromatic N) is 4. The lowest BCUT2D eigenvalue weighted by atomic mass is 10.3. The second-order valence-corrected chi connectivity index (χ2v) is 5.46. The minimum absolute atomic E-state index is 0.164. The quantitative estimate of drug-likeness (QED) is 0.935. The van der Waals surface area contributed by atoms with Crippen molar-refractivity contribution in [2.24, 2.45) is 12.0 Å². The standard InChI is InChI=1S/C17H17N5O2/c1-21-10-13(12-7-9-24-11-12)18-16(21)6-5-15-19-17-14(23-2)4-3-8-22(17)20-15/h3-11,17H,1-2H3,(H,19,20)/b6-5-. The van der Waals surface area contributed by atoms with E-state index >= 15 is 0 Å². The maximum absolute atomic E-state index is 5.35. The Morgan fingerprint density at radius 1 is 1.38 bits per heavy atom. The minimum Gasteiger partial charge on any atom is -0.497 e. The van der Waals surface area contributed by atoms with E-state index in [2.05, 4.69) is 15.4 Å². The Kier molecular flexibility index (Phi) is 3.45. The summed E-state index contributed by atoms with van der Waals surface area (Å²) < 4.78 is 12.4. The lowest BCUT2D eigenvalue weighted by molar-refractivity contribution is 0.188. The molecule has 0 saturated carbocycles. The van der Waals surface area contributed by atoms with Gasteiger partial charge in [-0.2, -0.15) is 0 Å². The van der Waals surface area contributed by atoms with Crippen LogP contribution in [0.4, 0.5) is 0 Å². The molecular weight excluding hydrogens is 306 g/mol. The maximum Gasteiger partial charge on any atom is 0.198 e. The molecule has 0 radical (unpaired) electrons. The Bertz CT molecular complexity index is 858. The van der Waals surface area contributed by atoms with E-state index in [0.717, 1.165) is 28.7 Å². The van der Waals surface area contributed by atoms with Crippen LogP contribution in [0, 0.1) is 0 Å². The Hall–Kier alpha value is -3.22. The van der Waals surface area contributed by atoms with Crippen LogP contribution in [0.15, 0.2) is 64.4 Å². The number of furan rings is 1. The fourth-order valence-electron chi connectivity index (χ4n) is 2.64. The normalized spacial score (nSPS) is 19.2. The number of amidine groups is 1. The van der Waals surface area contributed by atoms with Crippen LogP contribution in [0.25, 0.3) is 17.3 Å². The molecule has 1 unspecified atom stereocenters. The molecule has 2 aliphatic rings.